The van der Waals surface area contributed by atoms with Crippen LogP contribution in [0.4, 0.5) is 18.0 Å². The van der Waals surface area contributed by atoms with E-state index in [-0.39, 0.29) is 18.1 Å². The van der Waals surface area contributed by atoms with Crippen molar-refractivity contribution in [1.29, 1.82) is 0 Å². The van der Waals surface area contributed by atoms with Crippen molar-refractivity contribution in [3.63, 3.8) is 0 Å². The van der Waals surface area contributed by atoms with Crippen LogP contribution >= 0.6 is 0 Å². The molecule has 5 nitrogen and oxygen atoms in total. The van der Waals surface area contributed by atoms with Crippen LogP contribution in [0.25, 0.3) is 0 Å². The lowest BCUT2D eigenvalue weighted by molar-refractivity contribution is -0.274. The number of halogens is 3. The van der Waals surface area contributed by atoms with Gasteiger partial charge >= 0.3 is 12.5 Å². The van der Waals surface area contributed by atoms with Crippen LogP contribution in [0.15, 0.2) is 24.3 Å². The number of rotatable bonds is 2. The number of amides is 2. The standard InChI is InChI=1S/C16H18F3NO4/c1-15(2,3)24-14(22)20-12(8-9-13(20)21)10-4-6-11(7-5-10)23-16(17,18)19/h4-7,12H,8-9H2,1-3H3. The maximum Gasteiger partial charge on any atom is 0.573 e. The molecule has 1 saturated heterocycles. The third-order valence-corrected chi connectivity index (χ3v) is 3.30. The average molecular weight is 345 g/mol. The van der Waals surface area contributed by atoms with Crippen molar-refractivity contribution in [2.24, 2.45) is 0 Å². The SMILES string of the molecule is CC(C)(C)OC(=O)N1C(=O)CCC1c1ccc(OC(F)(F)F)cc1. The first-order chi connectivity index (χ1) is 11.0. The number of carbonyl (C=O) groups is 2. The lowest BCUT2D eigenvalue weighted by Crippen LogP contribution is -2.38. The molecule has 2 rings (SSSR count). The fourth-order valence-corrected chi connectivity index (χ4v) is 2.43. The van der Waals surface area contributed by atoms with Gasteiger partial charge in [0.2, 0.25) is 5.91 Å². The van der Waals surface area contributed by atoms with Crippen LogP contribution in [0.5, 0.6) is 5.75 Å². The predicted molar refractivity (Wildman–Crippen MR) is 78.2 cm³/mol. The normalized spacial score (nSPS) is 18.7. The Morgan fingerprint density at radius 3 is 2.25 bits per heavy atom. The number of benzene rings is 1. The molecule has 1 heterocycles. The van der Waals surface area contributed by atoms with E-state index in [0.717, 1.165) is 17.0 Å². The van der Waals surface area contributed by atoms with E-state index < -0.39 is 24.1 Å². The van der Waals surface area contributed by atoms with Crippen molar-refractivity contribution >= 4 is 12.0 Å². The highest BCUT2D eigenvalue weighted by Crippen LogP contribution is 2.35. The summed E-state index contributed by atoms with van der Waals surface area (Å²) in [7, 11) is 0. The summed E-state index contributed by atoms with van der Waals surface area (Å²) in [6.07, 6.45) is -4.97. The largest absolute Gasteiger partial charge is 0.573 e. The second-order valence-electron chi connectivity index (χ2n) is 6.42. The van der Waals surface area contributed by atoms with Gasteiger partial charge in [0.1, 0.15) is 11.4 Å². The van der Waals surface area contributed by atoms with Crippen molar-refractivity contribution in [1.82, 2.24) is 4.90 Å². The molecule has 0 aliphatic carbocycles. The Kier molecular flexibility index (Phi) is 4.77. The molecule has 1 aliphatic rings. The Bertz CT molecular complexity index is 620. The van der Waals surface area contributed by atoms with Crippen molar-refractivity contribution < 1.29 is 32.2 Å². The topological polar surface area (TPSA) is 55.8 Å². The molecule has 0 N–H and O–H groups in total. The first-order valence-corrected chi connectivity index (χ1v) is 7.37. The van der Waals surface area contributed by atoms with E-state index in [1.807, 2.05) is 0 Å². The summed E-state index contributed by atoms with van der Waals surface area (Å²) in [6, 6.07) is 4.55. The highest BCUT2D eigenvalue weighted by molar-refractivity contribution is 5.94. The lowest BCUT2D eigenvalue weighted by atomic mass is 10.0. The zero-order chi connectivity index (χ0) is 18.1. The molecule has 0 aromatic heterocycles. The molecule has 1 unspecified atom stereocenters. The van der Waals surface area contributed by atoms with E-state index in [0.29, 0.717) is 12.0 Å². The Morgan fingerprint density at radius 2 is 1.75 bits per heavy atom. The van der Waals surface area contributed by atoms with E-state index in [1.54, 1.807) is 20.8 Å². The summed E-state index contributed by atoms with van der Waals surface area (Å²) in [6.45, 7) is 5.05. The lowest BCUT2D eigenvalue weighted by Gasteiger charge is -2.27. The molecule has 0 spiro atoms. The van der Waals surface area contributed by atoms with E-state index in [9.17, 15) is 22.8 Å². The smallest absolute Gasteiger partial charge is 0.443 e. The second-order valence-corrected chi connectivity index (χ2v) is 6.42. The van der Waals surface area contributed by atoms with Crippen molar-refractivity contribution in [3.05, 3.63) is 29.8 Å². The molecular formula is C16H18F3NO4. The fourth-order valence-electron chi connectivity index (χ4n) is 2.43. The summed E-state index contributed by atoms with van der Waals surface area (Å²) in [5.74, 6) is -0.732. The Morgan fingerprint density at radius 1 is 1.17 bits per heavy atom. The molecule has 0 bridgehead atoms. The third kappa shape index (κ3) is 4.62. The Balaban J connectivity index is 2.17. The van der Waals surface area contributed by atoms with Gasteiger partial charge in [-0.2, -0.15) is 0 Å². The van der Waals surface area contributed by atoms with E-state index in [2.05, 4.69) is 4.74 Å². The minimum Gasteiger partial charge on any atom is -0.443 e. The number of ether oxygens (including phenoxy) is 2. The van der Waals surface area contributed by atoms with Crippen LogP contribution in [-0.2, 0) is 9.53 Å². The summed E-state index contributed by atoms with van der Waals surface area (Å²) in [5.41, 5.74) is -0.212. The molecule has 2 amide bonds. The fraction of sp³-hybridized carbons (Fsp3) is 0.500. The Hall–Kier alpha value is -2.25. The predicted octanol–water partition coefficient (Wildman–Crippen LogP) is 4.18. The number of carbonyl (C=O) groups excluding carboxylic acids is 2. The zero-order valence-electron chi connectivity index (χ0n) is 13.5. The molecule has 1 fully saturated rings. The van der Waals surface area contributed by atoms with Crippen LogP contribution < -0.4 is 4.74 Å². The number of imide groups is 1. The number of hydrogen-bond donors (Lipinski definition) is 0. The van der Waals surface area contributed by atoms with Gasteiger partial charge in [-0.25, -0.2) is 9.69 Å². The van der Waals surface area contributed by atoms with Gasteiger partial charge in [0.25, 0.3) is 0 Å². The number of alkyl halides is 3. The second kappa shape index (κ2) is 6.33. The highest BCUT2D eigenvalue weighted by atomic mass is 19.4. The molecular weight excluding hydrogens is 327 g/mol. The maximum absolute atomic E-state index is 12.2. The monoisotopic (exact) mass is 345 g/mol. The third-order valence-electron chi connectivity index (χ3n) is 3.30. The van der Waals surface area contributed by atoms with E-state index >= 15 is 0 Å². The highest BCUT2D eigenvalue weighted by Gasteiger charge is 2.39. The van der Waals surface area contributed by atoms with Gasteiger partial charge in [0.05, 0.1) is 6.04 Å². The molecule has 1 aromatic rings. The van der Waals surface area contributed by atoms with Gasteiger partial charge < -0.3 is 9.47 Å². The first kappa shape index (κ1) is 18.1. The average Bonchev–Trinajstić information content (AvgIpc) is 2.78. The zero-order valence-corrected chi connectivity index (χ0v) is 13.5. The molecule has 24 heavy (non-hydrogen) atoms. The molecule has 1 aliphatic heterocycles. The van der Waals surface area contributed by atoms with Gasteiger partial charge in [0.15, 0.2) is 0 Å². The minimum absolute atomic E-state index is 0.171. The molecule has 132 valence electrons. The number of likely N-dealkylation sites (tertiary alicyclic amines) is 1. The summed E-state index contributed by atoms with van der Waals surface area (Å²) in [4.78, 5) is 25.2. The minimum atomic E-state index is -4.77. The molecule has 1 aromatic carbocycles. The van der Waals surface area contributed by atoms with Crippen LogP contribution in [0.2, 0.25) is 0 Å². The molecule has 8 heteroatoms. The molecule has 0 radical (unpaired) electrons. The van der Waals surface area contributed by atoms with Crippen LogP contribution in [0, 0.1) is 0 Å². The van der Waals surface area contributed by atoms with Crippen LogP contribution in [0.3, 0.4) is 0 Å². The quantitative estimate of drug-likeness (QED) is 0.807. The van der Waals surface area contributed by atoms with Crippen molar-refractivity contribution in [2.75, 3.05) is 0 Å². The van der Waals surface area contributed by atoms with Crippen molar-refractivity contribution in [3.8, 4) is 5.75 Å². The number of nitrogens with zero attached hydrogens (tertiary/aromatic N) is 1. The first-order valence-electron chi connectivity index (χ1n) is 7.37. The van der Waals surface area contributed by atoms with E-state index in [1.165, 1.54) is 12.1 Å². The summed E-state index contributed by atoms with van der Waals surface area (Å²) < 4.78 is 45.6. The molecule has 1 atom stereocenters. The summed E-state index contributed by atoms with van der Waals surface area (Å²) in [5, 5.41) is 0. The van der Waals surface area contributed by atoms with Gasteiger partial charge in [-0.05, 0) is 44.9 Å². The maximum atomic E-state index is 12.2. The van der Waals surface area contributed by atoms with Gasteiger partial charge in [-0.15, -0.1) is 13.2 Å². The van der Waals surface area contributed by atoms with Crippen LogP contribution in [-0.4, -0.2) is 28.9 Å². The van der Waals surface area contributed by atoms with Gasteiger partial charge in [-0.3, -0.25) is 4.79 Å². The van der Waals surface area contributed by atoms with Crippen LogP contribution in [0.1, 0.15) is 45.2 Å². The van der Waals surface area contributed by atoms with Gasteiger partial charge in [0, 0.05) is 6.42 Å². The number of hydrogen-bond acceptors (Lipinski definition) is 4. The van der Waals surface area contributed by atoms with Gasteiger partial charge in [-0.1, -0.05) is 12.1 Å². The summed E-state index contributed by atoms with van der Waals surface area (Å²) >= 11 is 0. The molecule has 0 saturated carbocycles. The Labute approximate surface area is 137 Å². The van der Waals surface area contributed by atoms with E-state index in [4.69, 9.17) is 4.74 Å². The van der Waals surface area contributed by atoms with Crippen molar-refractivity contribution in [2.45, 2.75) is 51.6 Å².